The van der Waals surface area contributed by atoms with Crippen LogP contribution in [0, 0.1) is 5.92 Å². The largest absolute Gasteiger partial charge is 0.359 e. The van der Waals surface area contributed by atoms with E-state index in [-0.39, 0.29) is 17.7 Å². The molecule has 2 amide bonds. The van der Waals surface area contributed by atoms with Gasteiger partial charge < -0.3 is 15.2 Å². The minimum absolute atomic E-state index is 0.0160. The number of nitrogens with zero attached hydrogens (tertiary/aromatic N) is 3. The Labute approximate surface area is 118 Å². The third-order valence-electron chi connectivity index (χ3n) is 3.62. The average Bonchev–Trinajstić information content (AvgIpc) is 2.83. The lowest BCUT2D eigenvalue weighted by Gasteiger charge is -2.22. The van der Waals surface area contributed by atoms with Gasteiger partial charge >= 0.3 is 0 Å². The van der Waals surface area contributed by atoms with Crippen LogP contribution in [0.2, 0.25) is 0 Å². The molecule has 1 aliphatic heterocycles. The first kappa shape index (κ1) is 14.5. The molecule has 0 aliphatic carbocycles. The van der Waals surface area contributed by atoms with Gasteiger partial charge in [-0.1, -0.05) is 0 Å². The van der Waals surface area contributed by atoms with Crippen LogP contribution in [0.15, 0.2) is 12.5 Å². The zero-order chi connectivity index (χ0) is 14.5. The molecule has 0 radical (unpaired) electrons. The second kappa shape index (κ2) is 6.51. The van der Waals surface area contributed by atoms with Crippen LogP contribution in [0.25, 0.3) is 0 Å². The van der Waals surface area contributed by atoms with Crippen molar-refractivity contribution in [2.75, 3.05) is 33.2 Å². The van der Waals surface area contributed by atoms with Crippen LogP contribution in [0.1, 0.15) is 12.6 Å². The van der Waals surface area contributed by atoms with Gasteiger partial charge in [0.1, 0.15) is 0 Å². The molecule has 1 unspecified atom stereocenters. The fraction of sp³-hybridized carbons (Fsp3) is 0.615. The Morgan fingerprint density at radius 2 is 2.25 bits per heavy atom. The Hall–Kier alpha value is -1.89. The molecule has 110 valence electrons. The second-order valence-corrected chi connectivity index (χ2v) is 5.09. The quantitative estimate of drug-likeness (QED) is 0.777. The molecule has 1 aromatic rings. The summed E-state index contributed by atoms with van der Waals surface area (Å²) >= 11 is 0. The van der Waals surface area contributed by atoms with E-state index in [9.17, 15) is 9.59 Å². The maximum Gasteiger partial charge on any atom is 0.225 e. The van der Waals surface area contributed by atoms with Gasteiger partial charge in [-0.25, -0.2) is 4.98 Å². The van der Waals surface area contributed by atoms with Crippen molar-refractivity contribution in [1.82, 2.24) is 25.1 Å². The van der Waals surface area contributed by atoms with Crippen LogP contribution in [0.5, 0.6) is 0 Å². The molecule has 0 bridgehead atoms. The second-order valence-electron chi connectivity index (χ2n) is 5.09. The lowest BCUT2D eigenvalue weighted by Crippen LogP contribution is -2.40. The Balaban J connectivity index is 2.07. The molecule has 1 aliphatic rings. The molecule has 0 aromatic carbocycles. The first-order valence-electron chi connectivity index (χ1n) is 6.77. The van der Waals surface area contributed by atoms with Gasteiger partial charge in [0.05, 0.1) is 12.2 Å². The van der Waals surface area contributed by atoms with Crippen molar-refractivity contribution in [3.63, 3.8) is 0 Å². The molecule has 7 nitrogen and oxygen atoms in total. The van der Waals surface area contributed by atoms with E-state index < -0.39 is 0 Å². The maximum absolute atomic E-state index is 11.9. The van der Waals surface area contributed by atoms with Gasteiger partial charge in [0.2, 0.25) is 11.8 Å². The summed E-state index contributed by atoms with van der Waals surface area (Å²) in [6, 6.07) is 0. The number of hydrogen-bond donors (Lipinski definition) is 2. The van der Waals surface area contributed by atoms with Crippen molar-refractivity contribution in [3.8, 4) is 0 Å². The number of rotatable bonds is 3. The van der Waals surface area contributed by atoms with Crippen LogP contribution in [0.4, 0.5) is 0 Å². The standard InChI is InChI=1S/C13H21N5O2/c1-10(19)18-4-3-17(8-12-5-15-9-16-12)6-11(7-18)13(20)14-2/h5,9,11H,3-4,6-8H2,1-2H3,(H,14,20)(H,15,16). The number of carbonyl (C=O) groups is 2. The van der Waals surface area contributed by atoms with Gasteiger partial charge in [-0.2, -0.15) is 0 Å². The van der Waals surface area contributed by atoms with Crippen LogP contribution < -0.4 is 5.32 Å². The fourth-order valence-corrected chi connectivity index (χ4v) is 2.49. The predicted molar refractivity (Wildman–Crippen MR) is 73.7 cm³/mol. The molecule has 1 aromatic heterocycles. The highest BCUT2D eigenvalue weighted by Gasteiger charge is 2.28. The number of carbonyl (C=O) groups excluding carboxylic acids is 2. The minimum Gasteiger partial charge on any atom is -0.359 e. The van der Waals surface area contributed by atoms with Crippen LogP contribution in [-0.4, -0.2) is 64.8 Å². The Bertz CT molecular complexity index is 459. The van der Waals surface area contributed by atoms with Gasteiger partial charge in [0, 0.05) is 58.6 Å². The predicted octanol–water partition coefficient (Wildman–Crippen LogP) is -0.564. The van der Waals surface area contributed by atoms with Crippen molar-refractivity contribution in [1.29, 1.82) is 0 Å². The molecule has 7 heteroatoms. The van der Waals surface area contributed by atoms with Gasteiger partial charge in [0.15, 0.2) is 0 Å². The Morgan fingerprint density at radius 3 is 2.85 bits per heavy atom. The number of amides is 2. The molecule has 1 atom stereocenters. The average molecular weight is 279 g/mol. The van der Waals surface area contributed by atoms with E-state index in [1.165, 1.54) is 0 Å². The van der Waals surface area contributed by atoms with Gasteiger partial charge in [-0.15, -0.1) is 0 Å². The van der Waals surface area contributed by atoms with Crippen LogP contribution in [-0.2, 0) is 16.1 Å². The molecule has 20 heavy (non-hydrogen) atoms. The Morgan fingerprint density at radius 1 is 1.45 bits per heavy atom. The first-order valence-corrected chi connectivity index (χ1v) is 6.77. The van der Waals surface area contributed by atoms with E-state index in [4.69, 9.17) is 0 Å². The van der Waals surface area contributed by atoms with E-state index in [2.05, 4.69) is 20.2 Å². The minimum atomic E-state index is -0.200. The summed E-state index contributed by atoms with van der Waals surface area (Å²) in [5.74, 6) is -0.204. The third-order valence-corrected chi connectivity index (χ3v) is 3.62. The van der Waals surface area contributed by atoms with Crippen LogP contribution in [0.3, 0.4) is 0 Å². The number of hydrogen-bond acceptors (Lipinski definition) is 4. The van der Waals surface area contributed by atoms with Crippen molar-refractivity contribution in [3.05, 3.63) is 18.2 Å². The monoisotopic (exact) mass is 279 g/mol. The summed E-state index contributed by atoms with van der Waals surface area (Å²) in [5.41, 5.74) is 1.01. The van der Waals surface area contributed by atoms with E-state index in [0.717, 1.165) is 12.2 Å². The molecule has 0 saturated carbocycles. The molecule has 2 rings (SSSR count). The lowest BCUT2D eigenvalue weighted by atomic mass is 10.1. The highest BCUT2D eigenvalue weighted by molar-refractivity contribution is 5.80. The molecule has 1 fully saturated rings. The summed E-state index contributed by atoms with van der Waals surface area (Å²) in [5, 5.41) is 2.68. The van der Waals surface area contributed by atoms with Gasteiger partial charge in [0.25, 0.3) is 0 Å². The zero-order valence-corrected chi connectivity index (χ0v) is 11.9. The lowest BCUT2D eigenvalue weighted by molar-refractivity contribution is -0.130. The molecular formula is C13H21N5O2. The van der Waals surface area contributed by atoms with Crippen molar-refractivity contribution >= 4 is 11.8 Å². The highest BCUT2D eigenvalue weighted by Crippen LogP contribution is 2.12. The topological polar surface area (TPSA) is 81.3 Å². The first-order chi connectivity index (χ1) is 9.60. The SMILES string of the molecule is CNC(=O)C1CN(Cc2cnc[nH]2)CCN(C(C)=O)C1. The fourth-order valence-electron chi connectivity index (χ4n) is 2.49. The smallest absolute Gasteiger partial charge is 0.225 e. The zero-order valence-electron chi connectivity index (χ0n) is 11.9. The molecule has 2 heterocycles. The summed E-state index contributed by atoms with van der Waals surface area (Å²) < 4.78 is 0. The summed E-state index contributed by atoms with van der Waals surface area (Å²) in [6.45, 7) is 4.78. The molecule has 1 saturated heterocycles. The number of aromatic nitrogens is 2. The number of imidazole rings is 1. The van der Waals surface area contributed by atoms with E-state index in [0.29, 0.717) is 26.2 Å². The van der Waals surface area contributed by atoms with Crippen molar-refractivity contribution in [2.45, 2.75) is 13.5 Å². The molecule has 0 spiro atoms. The number of H-pyrrole nitrogens is 1. The summed E-state index contributed by atoms with van der Waals surface area (Å²) in [7, 11) is 1.63. The highest BCUT2D eigenvalue weighted by atomic mass is 16.2. The Kier molecular flexibility index (Phi) is 4.73. The molecule has 2 N–H and O–H groups in total. The maximum atomic E-state index is 11.9. The van der Waals surface area contributed by atoms with E-state index >= 15 is 0 Å². The normalized spacial score (nSPS) is 20.5. The van der Waals surface area contributed by atoms with Crippen LogP contribution >= 0.6 is 0 Å². The van der Waals surface area contributed by atoms with E-state index in [1.54, 1.807) is 31.4 Å². The number of nitrogens with one attached hydrogen (secondary N) is 2. The van der Waals surface area contributed by atoms with Gasteiger partial charge in [-0.05, 0) is 0 Å². The van der Waals surface area contributed by atoms with Crippen molar-refractivity contribution < 1.29 is 9.59 Å². The van der Waals surface area contributed by atoms with Gasteiger partial charge in [-0.3, -0.25) is 14.5 Å². The number of aromatic amines is 1. The summed E-state index contributed by atoms with van der Waals surface area (Å²) in [6.07, 6.45) is 3.42. The van der Waals surface area contributed by atoms with Crippen molar-refractivity contribution in [2.24, 2.45) is 5.92 Å². The third kappa shape index (κ3) is 3.57. The molecular weight excluding hydrogens is 258 g/mol. The summed E-state index contributed by atoms with van der Waals surface area (Å²) in [4.78, 5) is 34.5. The van der Waals surface area contributed by atoms with E-state index in [1.807, 2.05) is 0 Å².